The van der Waals surface area contributed by atoms with E-state index in [9.17, 15) is 0 Å². The highest BCUT2D eigenvalue weighted by atomic mass is 13.9. The van der Waals surface area contributed by atoms with Gasteiger partial charge in [-0.05, 0) is 33.1 Å². The summed E-state index contributed by atoms with van der Waals surface area (Å²) in [5, 5.41) is 0. The van der Waals surface area contributed by atoms with Crippen molar-refractivity contribution in [3.05, 3.63) is 23.8 Å². The quantitative estimate of drug-likeness (QED) is 0.403. The number of unbranched alkanes of at least 4 members (excludes halogenated alkanes) is 3. The minimum absolute atomic E-state index is 1.13. The van der Waals surface area contributed by atoms with Gasteiger partial charge in [0.2, 0.25) is 0 Å². The molecule has 0 fully saturated rings. The Labute approximate surface area is 77.4 Å². The molecular formula is C12H22. The Morgan fingerprint density at radius 3 is 2.50 bits per heavy atom. The molecule has 0 aliphatic heterocycles. The minimum atomic E-state index is 1.13. The van der Waals surface area contributed by atoms with Crippen LogP contribution in [0.5, 0.6) is 0 Å². The fourth-order valence-corrected chi connectivity index (χ4v) is 1.02. The second kappa shape index (κ2) is 8.58. The molecule has 0 aromatic heterocycles. The van der Waals surface area contributed by atoms with E-state index >= 15 is 0 Å². The summed E-state index contributed by atoms with van der Waals surface area (Å²) in [5.41, 5.74) is 1.46. The van der Waals surface area contributed by atoms with E-state index in [1.165, 1.54) is 31.3 Å². The average molecular weight is 166 g/mol. The molecule has 0 bridgehead atoms. The first kappa shape index (κ1) is 11.5. The van der Waals surface area contributed by atoms with E-state index in [0.717, 1.165) is 6.42 Å². The lowest BCUT2D eigenvalue weighted by atomic mass is 10.1. The molecule has 0 unspecified atom stereocenters. The van der Waals surface area contributed by atoms with Crippen LogP contribution in [-0.4, -0.2) is 0 Å². The molecule has 12 heavy (non-hydrogen) atoms. The molecule has 0 radical (unpaired) electrons. The van der Waals surface area contributed by atoms with Crippen molar-refractivity contribution in [1.82, 2.24) is 0 Å². The third kappa shape index (κ3) is 7.59. The maximum atomic E-state index is 2.31. The van der Waals surface area contributed by atoms with E-state index in [4.69, 9.17) is 0 Å². The van der Waals surface area contributed by atoms with Crippen molar-refractivity contribution in [2.75, 3.05) is 0 Å². The van der Waals surface area contributed by atoms with Gasteiger partial charge in [-0.1, -0.05) is 43.6 Å². The summed E-state index contributed by atoms with van der Waals surface area (Å²) < 4.78 is 0. The lowest BCUT2D eigenvalue weighted by molar-refractivity contribution is 0.728. The average Bonchev–Trinajstić information content (AvgIpc) is 2.10. The largest absolute Gasteiger partial charge is 0.0884 e. The Morgan fingerprint density at radius 1 is 1.17 bits per heavy atom. The fourth-order valence-electron chi connectivity index (χ4n) is 1.02. The highest BCUT2D eigenvalue weighted by Gasteiger charge is 1.83. The van der Waals surface area contributed by atoms with Crippen LogP contribution in [0.15, 0.2) is 23.8 Å². The zero-order valence-corrected chi connectivity index (χ0v) is 8.77. The van der Waals surface area contributed by atoms with E-state index in [1.54, 1.807) is 0 Å². The highest BCUT2D eigenvalue weighted by Crippen LogP contribution is 2.03. The van der Waals surface area contributed by atoms with Crippen molar-refractivity contribution in [2.24, 2.45) is 0 Å². The van der Waals surface area contributed by atoms with Crippen molar-refractivity contribution in [2.45, 2.75) is 52.9 Å². The summed E-state index contributed by atoms with van der Waals surface area (Å²) in [6.07, 6.45) is 13.2. The zero-order chi connectivity index (χ0) is 9.23. The van der Waals surface area contributed by atoms with Crippen LogP contribution in [0.2, 0.25) is 0 Å². The van der Waals surface area contributed by atoms with Crippen molar-refractivity contribution in [3.8, 4) is 0 Å². The second-order valence-corrected chi connectivity index (χ2v) is 3.31. The molecule has 0 aliphatic carbocycles. The van der Waals surface area contributed by atoms with Gasteiger partial charge in [0.25, 0.3) is 0 Å². The highest BCUT2D eigenvalue weighted by molar-refractivity contribution is 5.02. The molecule has 0 nitrogen and oxygen atoms in total. The van der Waals surface area contributed by atoms with Crippen LogP contribution < -0.4 is 0 Å². The van der Waals surface area contributed by atoms with E-state index in [1.807, 2.05) is 0 Å². The Morgan fingerprint density at radius 2 is 1.92 bits per heavy atom. The maximum absolute atomic E-state index is 2.31. The first-order chi connectivity index (χ1) is 5.81. The van der Waals surface area contributed by atoms with E-state index < -0.39 is 0 Å². The molecule has 0 heterocycles. The third-order valence-corrected chi connectivity index (χ3v) is 2.07. The SMILES string of the molecule is CC=C(C)CC=CCCCCC. The van der Waals surface area contributed by atoms with Gasteiger partial charge >= 0.3 is 0 Å². The van der Waals surface area contributed by atoms with Crippen LogP contribution in [-0.2, 0) is 0 Å². The number of rotatable bonds is 6. The molecule has 0 aromatic carbocycles. The van der Waals surface area contributed by atoms with Gasteiger partial charge in [0.05, 0.1) is 0 Å². The molecule has 0 atom stereocenters. The molecule has 0 saturated heterocycles. The Kier molecular flexibility index (Phi) is 8.20. The molecule has 0 heteroatoms. The second-order valence-electron chi connectivity index (χ2n) is 3.31. The predicted molar refractivity (Wildman–Crippen MR) is 57.3 cm³/mol. The van der Waals surface area contributed by atoms with Crippen LogP contribution in [0, 0.1) is 0 Å². The Bertz CT molecular complexity index is 140. The predicted octanol–water partition coefficient (Wildman–Crippen LogP) is 4.48. The molecule has 0 aliphatic rings. The summed E-state index contributed by atoms with van der Waals surface area (Å²) in [4.78, 5) is 0. The molecule has 0 saturated carbocycles. The van der Waals surface area contributed by atoms with Crippen molar-refractivity contribution in [1.29, 1.82) is 0 Å². The van der Waals surface area contributed by atoms with Gasteiger partial charge in [-0.2, -0.15) is 0 Å². The standard InChI is InChI=1S/C12H22/c1-4-6-7-8-9-10-11-12(3)5-2/h5,9-10H,4,6-8,11H2,1-3H3. The van der Waals surface area contributed by atoms with Crippen molar-refractivity contribution in [3.63, 3.8) is 0 Å². The number of allylic oxidation sites excluding steroid dienone is 4. The van der Waals surface area contributed by atoms with Crippen LogP contribution >= 0.6 is 0 Å². The van der Waals surface area contributed by atoms with E-state index in [0.29, 0.717) is 0 Å². The van der Waals surface area contributed by atoms with Crippen LogP contribution in [0.1, 0.15) is 52.9 Å². The van der Waals surface area contributed by atoms with Gasteiger partial charge in [-0.25, -0.2) is 0 Å². The first-order valence-electron chi connectivity index (χ1n) is 5.08. The zero-order valence-electron chi connectivity index (χ0n) is 8.77. The van der Waals surface area contributed by atoms with Gasteiger partial charge in [0.15, 0.2) is 0 Å². The van der Waals surface area contributed by atoms with Gasteiger partial charge < -0.3 is 0 Å². The van der Waals surface area contributed by atoms with Crippen molar-refractivity contribution < 1.29 is 0 Å². The number of hydrogen-bond acceptors (Lipinski definition) is 0. The van der Waals surface area contributed by atoms with Gasteiger partial charge in [-0.15, -0.1) is 0 Å². The molecule has 0 N–H and O–H groups in total. The number of hydrogen-bond donors (Lipinski definition) is 0. The molecule has 0 spiro atoms. The third-order valence-electron chi connectivity index (χ3n) is 2.07. The summed E-state index contributed by atoms with van der Waals surface area (Å²) >= 11 is 0. The summed E-state index contributed by atoms with van der Waals surface area (Å²) in [6, 6.07) is 0. The molecule has 0 aromatic rings. The molecule has 70 valence electrons. The van der Waals surface area contributed by atoms with Crippen LogP contribution in [0.25, 0.3) is 0 Å². The van der Waals surface area contributed by atoms with E-state index in [-0.39, 0.29) is 0 Å². The summed E-state index contributed by atoms with van der Waals surface area (Å²) in [6.45, 7) is 6.52. The smallest absolute Gasteiger partial charge is 0.0142 e. The molecule has 0 amide bonds. The molecule has 0 rings (SSSR count). The maximum Gasteiger partial charge on any atom is -0.0142 e. The van der Waals surface area contributed by atoms with Crippen LogP contribution in [0.3, 0.4) is 0 Å². The van der Waals surface area contributed by atoms with Gasteiger partial charge in [-0.3, -0.25) is 0 Å². The lowest BCUT2D eigenvalue weighted by Gasteiger charge is -1.93. The monoisotopic (exact) mass is 166 g/mol. The first-order valence-corrected chi connectivity index (χ1v) is 5.08. The molecular weight excluding hydrogens is 144 g/mol. The topological polar surface area (TPSA) is 0 Å². The van der Waals surface area contributed by atoms with Gasteiger partial charge in [0, 0.05) is 0 Å². The summed E-state index contributed by atoms with van der Waals surface area (Å²) in [5.74, 6) is 0. The fraction of sp³-hybridized carbons (Fsp3) is 0.667. The lowest BCUT2D eigenvalue weighted by Crippen LogP contribution is -1.73. The summed E-state index contributed by atoms with van der Waals surface area (Å²) in [7, 11) is 0. The van der Waals surface area contributed by atoms with Crippen molar-refractivity contribution >= 4 is 0 Å². The van der Waals surface area contributed by atoms with Crippen LogP contribution in [0.4, 0.5) is 0 Å². The Hall–Kier alpha value is -0.520. The van der Waals surface area contributed by atoms with Gasteiger partial charge in [0.1, 0.15) is 0 Å². The normalized spacial score (nSPS) is 12.8. The Balaban J connectivity index is 3.25. The minimum Gasteiger partial charge on any atom is -0.0884 e. The van der Waals surface area contributed by atoms with E-state index in [2.05, 4.69) is 39.0 Å².